The Morgan fingerprint density at radius 3 is 2.60 bits per heavy atom. The molecule has 0 aromatic rings. The van der Waals surface area contributed by atoms with Crippen LogP contribution in [0.1, 0.15) is 33.1 Å². The lowest BCUT2D eigenvalue weighted by Crippen LogP contribution is -2.14. The zero-order chi connectivity index (χ0) is 7.82. The minimum atomic E-state index is -0.267. The minimum Gasteiger partial charge on any atom is -0.391 e. The van der Waals surface area contributed by atoms with Gasteiger partial charge in [-0.3, -0.25) is 0 Å². The monoisotopic (exact) mass is 146 g/mol. The Balaban J connectivity index is 2.89. The van der Waals surface area contributed by atoms with E-state index in [1.807, 2.05) is 6.92 Å². The molecule has 0 aromatic heterocycles. The summed E-state index contributed by atoms with van der Waals surface area (Å²) < 4.78 is 5.18. The third-order valence-electron chi connectivity index (χ3n) is 1.42. The number of aliphatic hydroxyl groups is 1. The van der Waals surface area contributed by atoms with Crippen LogP contribution < -0.4 is 0 Å². The van der Waals surface area contributed by atoms with E-state index in [1.165, 1.54) is 0 Å². The molecule has 1 N–H and O–H groups in total. The molecule has 2 heteroatoms. The molecule has 0 fully saturated rings. The molecule has 0 bridgehead atoms. The van der Waals surface area contributed by atoms with Crippen LogP contribution in [-0.2, 0) is 4.74 Å². The molecule has 2 nitrogen and oxygen atoms in total. The summed E-state index contributed by atoms with van der Waals surface area (Å²) in [5.74, 6) is 0. The Kier molecular flexibility index (Phi) is 6.98. The predicted molar refractivity (Wildman–Crippen MR) is 42.0 cm³/mol. The Hall–Kier alpha value is -0.0800. The van der Waals surface area contributed by atoms with Gasteiger partial charge in [0, 0.05) is 6.61 Å². The third kappa shape index (κ3) is 6.05. The number of ether oxygens (including phenoxy) is 1. The van der Waals surface area contributed by atoms with Crippen LogP contribution in [0.4, 0.5) is 0 Å². The summed E-state index contributed by atoms with van der Waals surface area (Å²) in [5.41, 5.74) is 0. The molecule has 0 saturated carbocycles. The average molecular weight is 146 g/mol. The SMILES string of the molecule is CCCCOC[C@H](O)CC. The zero-order valence-corrected chi connectivity index (χ0v) is 6.97. The van der Waals surface area contributed by atoms with Crippen molar-refractivity contribution in [1.29, 1.82) is 0 Å². The number of rotatable bonds is 6. The second-order valence-electron chi connectivity index (χ2n) is 2.49. The van der Waals surface area contributed by atoms with Crippen molar-refractivity contribution in [2.24, 2.45) is 0 Å². The van der Waals surface area contributed by atoms with Gasteiger partial charge in [0.1, 0.15) is 0 Å². The van der Waals surface area contributed by atoms with E-state index >= 15 is 0 Å². The summed E-state index contributed by atoms with van der Waals surface area (Å²) in [6, 6.07) is 0. The Bertz CT molecular complexity index is 64.3. The van der Waals surface area contributed by atoms with E-state index in [-0.39, 0.29) is 6.10 Å². The number of unbranched alkanes of at least 4 members (excludes halogenated alkanes) is 1. The standard InChI is InChI=1S/C8H18O2/c1-3-5-6-10-7-8(9)4-2/h8-9H,3-7H2,1-2H3/t8-/m1/s1. The summed E-state index contributed by atoms with van der Waals surface area (Å²) in [6.07, 6.45) is 2.77. The van der Waals surface area contributed by atoms with E-state index in [2.05, 4.69) is 6.92 Å². The van der Waals surface area contributed by atoms with Gasteiger partial charge in [-0.05, 0) is 12.8 Å². The molecule has 10 heavy (non-hydrogen) atoms. The predicted octanol–water partition coefficient (Wildman–Crippen LogP) is 1.57. The van der Waals surface area contributed by atoms with Crippen LogP contribution in [0.25, 0.3) is 0 Å². The summed E-state index contributed by atoms with van der Waals surface area (Å²) in [4.78, 5) is 0. The maximum atomic E-state index is 9.03. The molecule has 62 valence electrons. The van der Waals surface area contributed by atoms with Gasteiger partial charge in [0.2, 0.25) is 0 Å². The molecule has 0 saturated heterocycles. The molecule has 0 aliphatic heterocycles. The molecular weight excluding hydrogens is 128 g/mol. The molecule has 0 aliphatic carbocycles. The minimum absolute atomic E-state index is 0.267. The lowest BCUT2D eigenvalue weighted by molar-refractivity contribution is 0.0340. The number of hydrogen-bond donors (Lipinski definition) is 1. The largest absolute Gasteiger partial charge is 0.391 e. The molecule has 0 aromatic carbocycles. The van der Waals surface area contributed by atoms with Crippen molar-refractivity contribution >= 4 is 0 Å². The van der Waals surface area contributed by atoms with E-state index in [0.29, 0.717) is 6.61 Å². The fraction of sp³-hybridized carbons (Fsp3) is 1.00. The van der Waals surface area contributed by atoms with E-state index < -0.39 is 0 Å². The van der Waals surface area contributed by atoms with E-state index in [1.54, 1.807) is 0 Å². The van der Waals surface area contributed by atoms with Gasteiger partial charge < -0.3 is 9.84 Å². The first-order valence-electron chi connectivity index (χ1n) is 4.07. The van der Waals surface area contributed by atoms with Crippen molar-refractivity contribution < 1.29 is 9.84 Å². The van der Waals surface area contributed by atoms with Crippen molar-refractivity contribution in [3.05, 3.63) is 0 Å². The number of aliphatic hydroxyl groups excluding tert-OH is 1. The van der Waals surface area contributed by atoms with Gasteiger partial charge in [-0.2, -0.15) is 0 Å². The second kappa shape index (κ2) is 7.03. The fourth-order valence-corrected chi connectivity index (χ4v) is 0.584. The zero-order valence-electron chi connectivity index (χ0n) is 6.97. The maximum absolute atomic E-state index is 9.03. The molecule has 0 spiro atoms. The Labute approximate surface area is 63.2 Å². The van der Waals surface area contributed by atoms with Gasteiger partial charge in [0.25, 0.3) is 0 Å². The molecule has 1 atom stereocenters. The average Bonchev–Trinajstić information content (AvgIpc) is 1.98. The summed E-state index contributed by atoms with van der Waals surface area (Å²) in [6.45, 7) is 5.36. The topological polar surface area (TPSA) is 29.5 Å². The van der Waals surface area contributed by atoms with Crippen LogP contribution >= 0.6 is 0 Å². The van der Waals surface area contributed by atoms with Gasteiger partial charge in [0.05, 0.1) is 12.7 Å². The number of hydrogen-bond acceptors (Lipinski definition) is 2. The highest BCUT2D eigenvalue weighted by molar-refractivity contribution is 4.47. The second-order valence-corrected chi connectivity index (χ2v) is 2.49. The molecular formula is C8H18O2. The first-order chi connectivity index (χ1) is 4.81. The lowest BCUT2D eigenvalue weighted by Gasteiger charge is -2.07. The van der Waals surface area contributed by atoms with Crippen LogP contribution in [0.5, 0.6) is 0 Å². The lowest BCUT2D eigenvalue weighted by atomic mass is 10.3. The molecule has 0 radical (unpaired) electrons. The quantitative estimate of drug-likeness (QED) is 0.576. The molecule has 0 unspecified atom stereocenters. The van der Waals surface area contributed by atoms with Crippen molar-refractivity contribution in [2.75, 3.05) is 13.2 Å². The van der Waals surface area contributed by atoms with Gasteiger partial charge in [-0.1, -0.05) is 20.3 Å². The van der Waals surface area contributed by atoms with Crippen LogP contribution in [0.3, 0.4) is 0 Å². The van der Waals surface area contributed by atoms with E-state index in [9.17, 15) is 0 Å². The van der Waals surface area contributed by atoms with E-state index in [4.69, 9.17) is 9.84 Å². The van der Waals surface area contributed by atoms with Gasteiger partial charge in [-0.15, -0.1) is 0 Å². The Morgan fingerprint density at radius 2 is 2.10 bits per heavy atom. The summed E-state index contributed by atoms with van der Waals surface area (Å²) in [7, 11) is 0. The van der Waals surface area contributed by atoms with Gasteiger partial charge in [0.15, 0.2) is 0 Å². The fourth-order valence-electron chi connectivity index (χ4n) is 0.584. The third-order valence-corrected chi connectivity index (χ3v) is 1.42. The molecule has 0 amide bonds. The van der Waals surface area contributed by atoms with E-state index in [0.717, 1.165) is 25.9 Å². The molecule has 0 aliphatic rings. The van der Waals surface area contributed by atoms with Crippen LogP contribution in [0, 0.1) is 0 Å². The van der Waals surface area contributed by atoms with Crippen molar-refractivity contribution in [3.63, 3.8) is 0 Å². The first kappa shape index (κ1) is 9.92. The van der Waals surface area contributed by atoms with Crippen molar-refractivity contribution in [1.82, 2.24) is 0 Å². The normalized spacial score (nSPS) is 13.5. The highest BCUT2D eigenvalue weighted by Crippen LogP contribution is 1.93. The maximum Gasteiger partial charge on any atom is 0.0771 e. The van der Waals surface area contributed by atoms with Crippen LogP contribution in [0.2, 0.25) is 0 Å². The van der Waals surface area contributed by atoms with Crippen LogP contribution in [-0.4, -0.2) is 24.4 Å². The molecule has 0 rings (SSSR count). The summed E-state index contributed by atoms with van der Waals surface area (Å²) >= 11 is 0. The first-order valence-corrected chi connectivity index (χ1v) is 4.07. The van der Waals surface area contributed by atoms with Crippen LogP contribution in [0.15, 0.2) is 0 Å². The van der Waals surface area contributed by atoms with Gasteiger partial charge >= 0.3 is 0 Å². The van der Waals surface area contributed by atoms with Crippen molar-refractivity contribution in [2.45, 2.75) is 39.2 Å². The highest BCUT2D eigenvalue weighted by Gasteiger charge is 1.98. The smallest absolute Gasteiger partial charge is 0.0771 e. The van der Waals surface area contributed by atoms with Crippen molar-refractivity contribution in [3.8, 4) is 0 Å². The van der Waals surface area contributed by atoms with Gasteiger partial charge in [-0.25, -0.2) is 0 Å². The Morgan fingerprint density at radius 1 is 1.40 bits per heavy atom. The highest BCUT2D eigenvalue weighted by atomic mass is 16.5. The molecule has 0 heterocycles. The summed E-state index contributed by atoms with van der Waals surface area (Å²) in [5, 5.41) is 9.03.